The first-order valence-corrected chi connectivity index (χ1v) is 8.55. The molecular weight excluding hydrogens is 298 g/mol. The number of carbonyl (C=O) groups is 1. The fraction of sp³-hybridized carbons (Fsp3) is 0.350. The van der Waals surface area contributed by atoms with Gasteiger partial charge in [-0.2, -0.15) is 0 Å². The summed E-state index contributed by atoms with van der Waals surface area (Å²) in [5.41, 5.74) is 9.70. The van der Waals surface area contributed by atoms with Crippen LogP contribution in [0.5, 0.6) is 0 Å². The molecule has 3 rings (SSSR count). The van der Waals surface area contributed by atoms with Gasteiger partial charge in [-0.1, -0.05) is 24.3 Å². The lowest BCUT2D eigenvalue weighted by Crippen LogP contribution is -2.46. The molecule has 0 aliphatic carbocycles. The number of nitrogens with zero attached hydrogens (tertiary/aromatic N) is 2. The minimum atomic E-state index is 0.134. The number of benzene rings is 2. The number of nitrogen functional groups attached to an aromatic ring is 1. The van der Waals surface area contributed by atoms with Gasteiger partial charge in [-0.3, -0.25) is 9.69 Å². The van der Waals surface area contributed by atoms with E-state index in [4.69, 9.17) is 5.73 Å². The molecule has 1 heterocycles. The molecule has 0 spiro atoms. The first-order valence-electron chi connectivity index (χ1n) is 8.55. The predicted octanol–water partition coefficient (Wildman–Crippen LogP) is 2.97. The molecule has 4 nitrogen and oxygen atoms in total. The maximum absolute atomic E-state index is 12.3. The van der Waals surface area contributed by atoms with Gasteiger partial charge < -0.3 is 10.6 Å². The summed E-state index contributed by atoms with van der Waals surface area (Å²) < 4.78 is 0. The van der Waals surface area contributed by atoms with Crippen molar-refractivity contribution in [2.75, 3.05) is 43.4 Å². The van der Waals surface area contributed by atoms with Crippen LogP contribution in [0.25, 0.3) is 0 Å². The Hall–Kier alpha value is -2.33. The van der Waals surface area contributed by atoms with E-state index in [2.05, 4.69) is 41.0 Å². The van der Waals surface area contributed by atoms with Crippen LogP contribution in [-0.2, 0) is 0 Å². The van der Waals surface area contributed by atoms with Crippen LogP contribution in [0.15, 0.2) is 48.5 Å². The van der Waals surface area contributed by atoms with Crippen LogP contribution >= 0.6 is 0 Å². The molecule has 2 aromatic carbocycles. The lowest BCUT2D eigenvalue weighted by Gasteiger charge is -2.36. The summed E-state index contributed by atoms with van der Waals surface area (Å²) in [5, 5.41) is 0. The van der Waals surface area contributed by atoms with E-state index < -0.39 is 0 Å². The van der Waals surface area contributed by atoms with Crippen molar-refractivity contribution < 1.29 is 4.79 Å². The monoisotopic (exact) mass is 323 g/mol. The highest BCUT2D eigenvalue weighted by Gasteiger charge is 2.18. The minimum absolute atomic E-state index is 0.134. The standard InChI is InChI=1S/C20H25N3O/c1-16-5-4-6-17(15-16)23-13-11-22(12-14-23)10-9-20(24)18-7-2-3-8-19(18)21/h2-8,15H,9-14,21H2,1H3. The van der Waals surface area contributed by atoms with E-state index in [1.807, 2.05) is 18.2 Å². The van der Waals surface area contributed by atoms with E-state index in [-0.39, 0.29) is 5.78 Å². The molecule has 1 aliphatic rings. The van der Waals surface area contributed by atoms with Crippen molar-refractivity contribution in [1.82, 2.24) is 4.90 Å². The quantitative estimate of drug-likeness (QED) is 0.679. The largest absolute Gasteiger partial charge is 0.398 e. The summed E-state index contributed by atoms with van der Waals surface area (Å²) in [4.78, 5) is 17.1. The minimum Gasteiger partial charge on any atom is -0.398 e. The number of aryl methyl sites for hydroxylation is 1. The zero-order valence-electron chi connectivity index (χ0n) is 14.2. The van der Waals surface area contributed by atoms with E-state index in [1.165, 1.54) is 11.3 Å². The van der Waals surface area contributed by atoms with Gasteiger partial charge in [0.2, 0.25) is 0 Å². The molecular formula is C20H25N3O. The fourth-order valence-electron chi connectivity index (χ4n) is 3.20. The van der Waals surface area contributed by atoms with Crippen LogP contribution < -0.4 is 10.6 Å². The maximum Gasteiger partial charge on any atom is 0.166 e. The number of rotatable bonds is 5. The van der Waals surface area contributed by atoms with Crippen LogP contribution in [-0.4, -0.2) is 43.4 Å². The predicted molar refractivity (Wildman–Crippen MR) is 99.6 cm³/mol. The third-order valence-electron chi connectivity index (χ3n) is 4.66. The second-order valence-electron chi connectivity index (χ2n) is 6.43. The Morgan fingerprint density at radius 3 is 2.50 bits per heavy atom. The summed E-state index contributed by atoms with van der Waals surface area (Å²) >= 11 is 0. The van der Waals surface area contributed by atoms with E-state index in [0.29, 0.717) is 17.7 Å². The number of piperazine rings is 1. The fourth-order valence-corrected chi connectivity index (χ4v) is 3.20. The number of Topliss-reactive ketones (excluding diaryl/α,β-unsaturated/α-hetero) is 1. The van der Waals surface area contributed by atoms with Gasteiger partial charge in [-0.05, 0) is 36.8 Å². The van der Waals surface area contributed by atoms with Gasteiger partial charge in [0.05, 0.1) is 0 Å². The highest BCUT2D eigenvalue weighted by atomic mass is 16.1. The van der Waals surface area contributed by atoms with Crippen molar-refractivity contribution in [3.8, 4) is 0 Å². The van der Waals surface area contributed by atoms with Gasteiger partial charge >= 0.3 is 0 Å². The molecule has 24 heavy (non-hydrogen) atoms. The average molecular weight is 323 g/mol. The molecule has 4 heteroatoms. The molecule has 126 valence electrons. The maximum atomic E-state index is 12.3. The molecule has 1 fully saturated rings. The summed E-state index contributed by atoms with van der Waals surface area (Å²) in [7, 11) is 0. The van der Waals surface area contributed by atoms with Crippen molar-refractivity contribution >= 4 is 17.2 Å². The van der Waals surface area contributed by atoms with Crippen LogP contribution in [0.4, 0.5) is 11.4 Å². The highest BCUT2D eigenvalue weighted by Crippen LogP contribution is 2.18. The molecule has 0 unspecified atom stereocenters. The van der Waals surface area contributed by atoms with Crippen LogP contribution in [0.3, 0.4) is 0 Å². The number of hydrogen-bond acceptors (Lipinski definition) is 4. The molecule has 2 aromatic rings. The average Bonchev–Trinajstić information content (AvgIpc) is 2.60. The Morgan fingerprint density at radius 2 is 1.79 bits per heavy atom. The van der Waals surface area contributed by atoms with Crippen molar-refractivity contribution in [1.29, 1.82) is 0 Å². The van der Waals surface area contributed by atoms with E-state index in [0.717, 1.165) is 32.7 Å². The van der Waals surface area contributed by atoms with E-state index in [1.54, 1.807) is 6.07 Å². The number of carbonyl (C=O) groups excluding carboxylic acids is 1. The van der Waals surface area contributed by atoms with Gasteiger partial charge in [-0.15, -0.1) is 0 Å². The normalized spacial score (nSPS) is 15.5. The Kier molecular flexibility index (Phi) is 5.16. The lowest BCUT2D eigenvalue weighted by molar-refractivity contribution is 0.0963. The molecule has 1 aliphatic heterocycles. The Bertz CT molecular complexity index is 706. The number of nitrogens with two attached hydrogens (primary N) is 1. The molecule has 0 amide bonds. The molecule has 0 saturated carbocycles. The molecule has 0 radical (unpaired) electrons. The van der Waals surface area contributed by atoms with Gasteiger partial charge in [0.25, 0.3) is 0 Å². The summed E-state index contributed by atoms with van der Waals surface area (Å²) in [5.74, 6) is 0.134. The van der Waals surface area contributed by atoms with Gasteiger partial charge in [0.15, 0.2) is 5.78 Å². The topological polar surface area (TPSA) is 49.6 Å². The number of para-hydroxylation sites is 1. The van der Waals surface area contributed by atoms with Crippen molar-refractivity contribution in [2.45, 2.75) is 13.3 Å². The van der Waals surface area contributed by atoms with E-state index in [9.17, 15) is 4.79 Å². The molecule has 0 atom stereocenters. The second-order valence-corrected chi connectivity index (χ2v) is 6.43. The van der Waals surface area contributed by atoms with Crippen molar-refractivity contribution in [3.05, 3.63) is 59.7 Å². The summed E-state index contributed by atoms with van der Waals surface area (Å²) in [6.07, 6.45) is 0.526. The molecule has 0 aromatic heterocycles. The van der Waals surface area contributed by atoms with Gasteiger partial charge in [-0.25, -0.2) is 0 Å². The second kappa shape index (κ2) is 7.49. The van der Waals surface area contributed by atoms with Crippen LogP contribution in [0.1, 0.15) is 22.3 Å². The van der Waals surface area contributed by atoms with Crippen LogP contribution in [0.2, 0.25) is 0 Å². The third kappa shape index (κ3) is 3.95. The smallest absolute Gasteiger partial charge is 0.166 e. The third-order valence-corrected chi connectivity index (χ3v) is 4.66. The summed E-state index contributed by atoms with van der Waals surface area (Å²) in [6, 6.07) is 16.0. The first-order chi connectivity index (χ1) is 11.6. The molecule has 0 bridgehead atoms. The molecule has 1 saturated heterocycles. The highest BCUT2D eigenvalue weighted by molar-refractivity contribution is 6.00. The van der Waals surface area contributed by atoms with Crippen molar-refractivity contribution in [2.24, 2.45) is 0 Å². The number of ketones is 1. The SMILES string of the molecule is Cc1cccc(N2CCN(CCC(=O)c3ccccc3N)CC2)c1. The zero-order valence-corrected chi connectivity index (χ0v) is 14.2. The Balaban J connectivity index is 1.49. The lowest BCUT2D eigenvalue weighted by atomic mass is 10.1. The van der Waals surface area contributed by atoms with Gasteiger partial charge in [0, 0.05) is 56.1 Å². The zero-order chi connectivity index (χ0) is 16.9. The van der Waals surface area contributed by atoms with E-state index >= 15 is 0 Å². The van der Waals surface area contributed by atoms with Gasteiger partial charge in [0.1, 0.15) is 0 Å². The summed E-state index contributed by atoms with van der Waals surface area (Å²) in [6.45, 7) is 6.92. The Labute approximate surface area is 143 Å². The Morgan fingerprint density at radius 1 is 1.04 bits per heavy atom. The van der Waals surface area contributed by atoms with Crippen LogP contribution in [0, 0.1) is 6.92 Å². The first kappa shape index (κ1) is 16.5. The van der Waals surface area contributed by atoms with Crippen molar-refractivity contribution in [3.63, 3.8) is 0 Å². The number of anilines is 2. The molecule has 2 N–H and O–H groups in total. The number of hydrogen-bond donors (Lipinski definition) is 1.